The van der Waals surface area contributed by atoms with Crippen molar-refractivity contribution in [2.45, 2.75) is 24.3 Å². The lowest BCUT2D eigenvalue weighted by Crippen LogP contribution is -2.41. The highest BCUT2D eigenvalue weighted by Gasteiger charge is 2.24. The van der Waals surface area contributed by atoms with Gasteiger partial charge in [-0.05, 0) is 32.0 Å². The fourth-order valence-electron chi connectivity index (χ4n) is 1.11. The van der Waals surface area contributed by atoms with Crippen LogP contribution in [-0.2, 0) is 10.0 Å². The second-order valence-electron chi connectivity index (χ2n) is 4.06. The van der Waals surface area contributed by atoms with Crippen LogP contribution in [0.5, 0.6) is 0 Å². The molecule has 0 amide bonds. The van der Waals surface area contributed by atoms with Crippen molar-refractivity contribution in [3.63, 3.8) is 0 Å². The highest BCUT2D eigenvalue weighted by atomic mass is 32.2. The minimum absolute atomic E-state index is 0.125. The summed E-state index contributed by atoms with van der Waals surface area (Å²) in [6.07, 6.45) is 5.18. The van der Waals surface area contributed by atoms with Crippen molar-refractivity contribution < 1.29 is 12.8 Å². The van der Waals surface area contributed by atoms with Crippen LogP contribution < -0.4 is 10.5 Å². The van der Waals surface area contributed by atoms with E-state index in [1.807, 2.05) is 0 Å². The number of halogens is 1. The zero-order valence-corrected chi connectivity index (χ0v) is 10.3. The van der Waals surface area contributed by atoms with Gasteiger partial charge in [0.25, 0.3) is 0 Å². The molecule has 0 aliphatic rings. The van der Waals surface area contributed by atoms with Gasteiger partial charge in [0, 0.05) is 0 Å². The molecule has 3 N–H and O–H groups in total. The maximum atomic E-state index is 12.9. The molecule has 6 heteroatoms. The van der Waals surface area contributed by atoms with Gasteiger partial charge in [0.1, 0.15) is 5.82 Å². The van der Waals surface area contributed by atoms with Gasteiger partial charge in [-0.25, -0.2) is 12.8 Å². The first-order valence-electron chi connectivity index (χ1n) is 4.75. The van der Waals surface area contributed by atoms with Gasteiger partial charge in [-0.3, -0.25) is 0 Å². The highest BCUT2D eigenvalue weighted by Crippen LogP contribution is 2.18. The smallest absolute Gasteiger partial charge is 0.241 e. The van der Waals surface area contributed by atoms with Crippen molar-refractivity contribution in [1.82, 2.24) is 4.72 Å². The van der Waals surface area contributed by atoms with Gasteiger partial charge in [-0.15, -0.1) is 6.42 Å². The van der Waals surface area contributed by atoms with E-state index in [-0.39, 0.29) is 10.6 Å². The van der Waals surface area contributed by atoms with E-state index in [0.29, 0.717) is 0 Å². The minimum atomic E-state index is -3.81. The van der Waals surface area contributed by atoms with Gasteiger partial charge in [0.15, 0.2) is 0 Å². The third-order valence-electron chi connectivity index (χ3n) is 2.03. The lowest BCUT2D eigenvalue weighted by molar-refractivity contribution is 0.539. The van der Waals surface area contributed by atoms with E-state index in [1.165, 1.54) is 13.8 Å². The lowest BCUT2D eigenvalue weighted by atomic mass is 10.1. The number of anilines is 1. The van der Waals surface area contributed by atoms with E-state index in [9.17, 15) is 12.8 Å². The number of rotatable bonds is 3. The molecule has 0 aliphatic carbocycles. The van der Waals surface area contributed by atoms with Gasteiger partial charge in [0.05, 0.1) is 16.1 Å². The number of hydrogen-bond donors (Lipinski definition) is 2. The zero-order chi connectivity index (χ0) is 13.3. The van der Waals surface area contributed by atoms with Crippen LogP contribution in [0.2, 0.25) is 0 Å². The molecule has 17 heavy (non-hydrogen) atoms. The highest BCUT2D eigenvalue weighted by molar-refractivity contribution is 7.89. The van der Waals surface area contributed by atoms with E-state index in [2.05, 4.69) is 10.6 Å². The molecule has 1 aromatic carbocycles. The molecule has 1 aromatic rings. The molecule has 0 saturated carbocycles. The summed E-state index contributed by atoms with van der Waals surface area (Å²) in [5.74, 6) is 1.63. The summed E-state index contributed by atoms with van der Waals surface area (Å²) in [6.45, 7) is 3.08. The van der Waals surface area contributed by atoms with Crippen LogP contribution in [0.3, 0.4) is 0 Å². The monoisotopic (exact) mass is 256 g/mol. The summed E-state index contributed by atoms with van der Waals surface area (Å²) in [6, 6.07) is 3.16. The van der Waals surface area contributed by atoms with Gasteiger partial charge in [0.2, 0.25) is 10.0 Å². The summed E-state index contributed by atoms with van der Waals surface area (Å²) in [5.41, 5.74) is 4.05. The first-order chi connectivity index (χ1) is 7.68. The van der Waals surface area contributed by atoms with Gasteiger partial charge >= 0.3 is 0 Å². The average Bonchev–Trinajstić information content (AvgIpc) is 2.20. The number of nitrogens with one attached hydrogen (secondary N) is 1. The normalized spacial score (nSPS) is 12.1. The van der Waals surface area contributed by atoms with E-state index in [0.717, 1.165) is 18.2 Å². The summed E-state index contributed by atoms with van der Waals surface area (Å²) >= 11 is 0. The second-order valence-corrected chi connectivity index (χ2v) is 5.74. The van der Waals surface area contributed by atoms with Crippen LogP contribution in [0, 0.1) is 18.2 Å². The third kappa shape index (κ3) is 3.19. The zero-order valence-electron chi connectivity index (χ0n) is 9.49. The molecule has 0 aromatic heterocycles. The molecule has 92 valence electrons. The maximum absolute atomic E-state index is 12.9. The summed E-state index contributed by atoms with van der Waals surface area (Å²) < 4.78 is 39.0. The molecule has 0 atom stereocenters. The van der Waals surface area contributed by atoms with Crippen LogP contribution in [-0.4, -0.2) is 14.0 Å². The van der Waals surface area contributed by atoms with Crippen molar-refractivity contribution >= 4 is 15.7 Å². The van der Waals surface area contributed by atoms with Crippen LogP contribution >= 0.6 is 0 Å². The van der Waals surface area contributed by atoms with Crippen molar-refractivity contribution in [3.05, 3.63) is 24.0 Å². The van der Waals surface area contributed by atoms with Crippen LogP contribution in [0.4, 0.5) is 10.1 Å². The van der Waals surface area contributed by atoms with E-state index >= 15 is 0 Å². The minimum Gasteiger partial charge on any atom is -0.396 e. The molecule has 1 rings (SSSR count). The Kier molecular flexibility index (Phi) is 3.45. The fourth-order valence-corrected chi connectivity index (χ4v) is 2.49. The predicted octanol–water partition coefficient (Wildman–Crippen LogP) is 1.10. The predicted molar refractivity (Wildman–Crippen MR) is 64.0 cm³/mol. The van der Waals surface area contributed by atoms with E-state index < -0.39 is 21.4 Å². The van der Waals surface area contributed by atoms with Crippen molar-refractivity contribution in [3.8, 4) is 12.3 Å². The van der Waals surface area contributed by atoms with E-state index in [1.54, 1.807) is 0 Å². The molecule has 0 aliphatic heterocycles. The Morgan fingerprint density at radius 1 is 1.47 bits per heavy atom. The quantitative estimate of drug-likeness (QED) is 0.628. The Morgan fingerprint density at radius 3 is 2.53 bits per heavy atom. The number of nitrogen functional groups attached to an aromatic ring is 1. The molecule has 0 fully saturated rings. The fraction of sp³-hybridized carbons (Fsp3) is 0.273. The molecule has 0 heterocycles. The average molecular weight is 256 g/mol. The number of sulfonamides is 1. The first kappa shape index (κ1) is 13.5. The molecular weight excluding hydrogens is 243 g/mol. The summed E-state index contributed by atoms with van der Waals surface area (Å²) in [5, 5.41) is 0. The summed E-state index contributed by atoms with van der Waals surface area (Å²) in [4.78, 5) is -0.125. The van der Waals surface area contributed by atoms with E-state index in [4.69, 9.17) is 12.2 Å². The molecule has 0 radical (unpaired) electrons. The van der Waals surface area contributed by atoms with Crippen molar-refractivity contribution in [2.75, 3.05) is 5.73 Å². The maximum Gasteiger partial charge on any atom is 0.241 e. The number of benzene rings is 1. The molecule has 0 bridgehead atoms. The second kappa shape index (κ2) is 4.35. The third-order valence-corrected chi connectivity index (χ3v) is 3.68. The van der Waals surface area contributed by atoms with Gasteiger partial charge in [-0.1, -0.05) is 5.92 Å². The molecule has 0 saturated heterocycles. The van der Waals surface area contributed by atoms with Gasteiger partial charge < -0.3 is 5.73 Å². The van der Waals surface area contributed by atoms with Crippen molar-refractivity contribution in [1.29, 1.82) is 0 Å². The molecular formula is C11H13FN2O2S. The van der Waals surface area contributed by atoms with Crippen molar-refractivity contribution in [2.24, 2.45) is 0 Å². The largest absolute Gasteiger partial charge is 0.396 e. The van der Waals surface area contributed by atoms with Crippen LogP contribution in [0.15, 0.2) is 23.1 Å². The standard InChI is InChI=1S/C11H13FN2O2S/c1-4-11(2,3)14-17(15,16)8-5-6-9(12)10(13)7-8/h1,5-7,14H,13H2,2-3H3. The lowest BCUT2D eigenvalue weighted by Gasteiger charge is -2.19. The number of terminal acetylenes is 1. The van der Waals surface area contributed by atoms with Crippen LogP contribution in [0.1, 0.15) is 13.8 Å². The topological polar surface area (TPSA) is 72.2 Å². The summed E-state index contributed by atoms with van der Waals surface area (Å²) in [7, 11) is -3.81. The van der Waals surface area contributed by atoms with Crippen LogP contribution in [0.25, 0.3) is 0 Å². The number of nitrogens with two attached hydrogens (primary N) is 1. The Hall–Kier alpha value is -1.58. The SMILES string of the molecule is C#CC(C)(C)NS(=O)(=O)c1ccc(F)c(N)c1. The Balaban J connectivity index is 3.16. The first-order valence-corrected chi connectivity index (χ1v) is 6.23. The molecule has 0 spiro atoms. The number of hydrogen-bond acceptors (Lipinski definition) is 3. The van der Waals surface area contributed by atoms with Gasteiger partial charge in [-0.2, -0.15) is 4.72 Å². The Labute approximate surface area is 100 Å². The Bertz CT molecular complexity index is 574. The molecule has 0 unspecified atom stereocenters. The molecule has 4 nitrogen and oxygen atoms in total. The Morgan fingerprint density at radius 2 is 2.06 bits per heavy atom.